The third-order valence-corrected chi connectivity index (χ3v) is 7.01. The molecule has 6 nitrogen and oxygen atoms in total. The Labute approximate surface area is 199 Å². The number of hydrogen-bond donors (Lipinski definition) is 0. The summed E-state index contributed by atoms with van der Waals surface area (Å²) in [6.45, 7) is 2.42. The van der Waals surface area contributed by atoms with E-state index < -0.39 is 5.97 Å². The lowest BCUT2D eigenvalue weighted by atomic mass is 9.81. The Hall–Kier alpha value is -3.54. The minimum atomic E-state index is -0.566. The lowest BCUT2D eigenvalue weighted by Gasteiger charge is -2.40. The highest BCUT2D eigenvalue weighted by molar-refractivity contribution is 5.89. The smallest absolute Gasteiger partial charge is 0.343 e. The number of methoxy groups -OCH3 is 1. The molecular weight excluding hydrogens is 430 g/mol. The van der Waals surface area contributed by atoms with Gasteiger partial charge in [-0.1, -0.05) is 43.2 Å². The van der Waals surface area contributed by atoms with Gasteiger partial charge in [-0.15, -0.1) is 0 Å². The van der Waals surface area contributed by atoms with E-state index in [1.807, 2.05) is 36.4 Å². The Bertz CT molecular complexity index is 1270. The van der Waals surface area contributed by atoms with Crippen LogP contribution in [0.1, 0.15) is 54.1 Å². The summed E-state index contributed by atoms with van der Waals surface area (Å²) in [5, 5.41) is 0. The van der Waals surface area contributed by atoms with Gasteiger partial charge in [0.05, 0.1) is 19.4 Å². The summed E-state index contributed by atoms with van der Waals surface area (Å²) in [7, 11) is 1.62. The monoisotopic (exact) mass is 459 g/mol. The van der Waals surface area contributed by atoms with Crippen LogP contribution in [0.25, 0.3) is 11.3 Å². The SMILES string of the molecule is CCOC(=O)c1cn2c(cc1=O)-c1cc(OC)c(OCc3ccccc3)cc1CC21CCCC1. The summed E-state index contributed by atoms with van der Waals surface area (Å²) >= 11 is 0. The van der Waals surface area contributed by atoms with E-state index in [1.54, 1.807) is 26.3 Å². The van der Waals surface area contributed by atoms with Gasteiger partial charge in [-0.05, 0) is 49.4 Å². The van der Waals surface area contributed by atoms with Crippen LogP contribution in [0.2, 0.25) is 0 Å². The number of carbonyl (C=O) groups excluding carboxylic acids is 1. The van der Waals surface area contributed by atoms with Crippen molar-refractivity contribution in [2.45, 2.75) is 51.2 Å². The van der Waals surface area contributed by atoms with Gasteiger partial charge in [-0.25, -0.2) is 4.79 Å². The number of esters is 1. The number of rotatable bonds is 6. The molecule has 0 N–H and O–H groups in total. The van der Waals surface area contributed by atoms with E-state index in [-0.39, 0.29) is 23.1 Å². The fourth-order valence-corrected chi connectivity index (χ4v) is 5.38. The number of benzene rings is 2. The zero-order valence-corrected chi connectivity index (χ0v) is 19.6. The maximum absolute atomic E-state index is 12.9. The Morgan fingerprint density at radius 2 is 1.82 bits per heavy atom. The van der Waals surface area contributed by atoms with Crippen LogP contribution in [0.5, 0.6) is 11.5 Å². The quantitative estimate of drug-likeness (QED) is 0.480. The molecule has 34 heavy (non-hydrogen) atoms. The van der Waals surface area contributed by atoms with Gasteiger partial charge in [0.15, 0.2) is 16.9 Å². The molecule has 6 heteroatoms. The molecule has 1 fully saturated rings. The van der Waals surface area contributed by atoms with Crippen molar-refractivity contribution in [3.8, 4) is 22.8 Å². The minimum Gasteiger partial charge on any atom is -0.493 e. The Kier molecular flexibility index (Phi) is 5.90. The number of carbonyl (C=O) groups is 1. The second-order valence-corrected chi connectivity index (χ2v) is 9.07. The topological polar surface area (TPSA) is 66.8 Å². The summed E-state index contributed by atoms with van der Waals surface area (Å²) in [5.41, 5.74) is 3.57. The first-order chi connectivity index (χ1) is 16.5. The molecule has 0 bridgehead atoms. The molecule has 176 valence electrons. The number of nitrogens with zero attached hydrogens (tertiary/aromatic N) is 1. The van der Waals surface area contributed by atoms with Crippen LogP contribution < -0.4 is 14.9 Å². The Morgan fingerprint density at radius 3 is 2.53 bits per heavy atom. The highest BCUT2D eigenvalue weighted by atomic mass is 16.5. The number of pyridine rings is 1. The molecule has 5 rings (SSSR count). The minimum absolute atomic E-state index is 0.0927. The highest BCUT2D eigenvalue weighted by Crippen LogP contribution is 2.49. The van der Waals surface area contributed by atoms with Crippen LogP contribution in [0.15, 0.2) is 59.5 Å². The summed E-state index contributed by atoms with van der Waals surface area (Å²) in [5.74, 6) is 0.742. The van der Waals surface area contributed by atoms with E-state index in [0.29, 0.717) is 18.1 Å². The molecule has 0 amide bonds. The van der Waals surface area contributed by atoms with E-state index >= 15 is 0 Å². The van der Waals surface area contributed by atoms with E-state index in [0.717, 1.165) is 54.5 Å². The van der Waals surface area contributed by atoms with E-state index in [9.17, 15) is 9.59 Å². The fourth-order valence-electron chi connectivity index (χ4n) is 5.38. The zero-order chi connectivity index (χ0) is 23.7. The normalized spacial score (nSPS) is 15.5. The van der Waals surface area contributed by atoms with Gasteiger partial charge in [0, 0.05) is 23.4 Å². The Balaban J connectivity index is 1.60. The summed E-state index contributed by atoms with van der Waals surface area (Å²) in [4.78, 5) is 25.4. The fraction of sp³-hybridized carbons (Fsp3) is 0.357. The third-order valence-electron chi connectivity index (χ3n) is 7.01. The molecule has 0 unspecified atom stereocenters. The van der Waals surface area contributed by atoms with Crippen molar-refractivity contribution in [1.29, 1.82) is 0 Å². The van der Waals surface area contributed by atoms with Gasteiger partial charge in [-0.2, -0.15) is 0 Å². The van der Waals surface area contributed by atoms with Gasteiger partial charge in [0.2, 0.25) is 0 Å². The predicted octanol–water partition coefficient (Wildman–Crippen LogP) is 5.11. The first-order valence-electron chi connectivity index (χ1n) is 11.9. The van der Waals surface area contributed by atoms with Crippen LogP contribution in [0.3, 0.4) is 0 Å². The number of aromatic nitrogens is 1. The van der Waals surface area contributed by atoms with Crippen molar-refractivity contribution in [3.05, 3.63) is 81.6 Å². The van der Waals surface area contributed by atoms with Gasteiger partial charge in [-0.3, -0.25) is 4.79 Å². The molecule has 1 aliphatic heterocycles. The first kappa shape index (κ1) is 22.3. The molecule has 1 saturated carbocycles. The van der Waals surface area contributed by atoms with E-state index in [2.05, 4.69) is 10.6 Å². The lowest BCUT2D eigenvalue weighted by Crippen LogP contribution is -2.39. The van der Waals surface area contributed by atoms with Crippen LogP contribution in [0, 0.1) is 0 Å². The second kappa shape index (κ2) is 9.01. The molecule has 2 aliphatic rings. The number of ether oxygens (including phenoxy) is 3. The zero-order valence-electron chi connectivity index (χ0n) is 19.6. The number of hydrogen-bond acceptors (Lipinski definition) is 5. The molecule has 0 radical (unpaired) electrons. The molecule has 3 aromatic rings. The average Bonchev–Trinajstić information content (AvgIpc) is 3.31. The highest BCUT2D eigenvalue weighted by Gasteiger charge is 2.41. The van der Waals surface area contributed by atoms with Crippen LogP contribution in [0.4, 0.5) is 0 Å². The summed E-state index contributed by atoms with van der Waals surface area (Å²) < 4.78 is 19.1. The predicted molar refractivity (Wildman–Crippen MR) is 130 cm³/mol. The maximum atomic E-state index is 12.9. The molecular formula is C28H29NO5. The van der Waals surface area contributed by atoms with Crippen LogP contribution >= 0.6 is 0 Å². The molecule has 1 spiro atoms. The Morgan fingerprint density at radius 1 is 1.06 bits per heavy atom. The van der Waals surface area contributed by atoms with Gasteiger partial charge in [0.1, 0.15) is 12.2 Å². The van der Waals surface area contributed by atoms with Crippen molar-refractivity contribution in [2.75, 3.05) is 13.7 Å². The molecule has 2 heterocycles. The summed E-state index contributed by atoms with van der Waals surface area (Å²) in [6, 6.07) is 15.6. The van der Waals surface area contributed by atoms with Crippen LogP contribution in [-0.4, -0.2) is 24.3 Å². The lowest BCUT2D eigenvalue weighted by molar-refractivity contribution is 0.0523. The van der Waals surface area contributed by atoms with Gasteiger partial charge < -0.3 is 18.8 Å². The second-order valence-electron chi connectivity index (χ2n) is 9.07. The number of fused-ring (bicyclic) bond motifs is 4. The van der Waals surface area contributed by atoms with Crippen molar-refractivity contribution in [3.63, 3.8) is 0 Å². The molecule has 1 aliphatic carbocycles. The van der Waals surface area contributed by atoms with Crippen molar-refractivity contribution < 1.29 is 19.0 Å². The standard InChI is InChI=1S/C28H29NO5/c1-3-33-27(31)22-17-29-23(15-24(22)30)21-14-25(32-2)26(34-18-19-9-5-4-6-10-19)13-20(21)16-28(29)11-7-8-12-28/h4-6,9-10,13-15,17H,3,7-8,11-12,16,18H2,1-2H3. The molecule has 2 aromatic carbocycles. The van der Waals surface area contributed by atoms with E-state index in [4.69, 9.17) is 14.2 Å². The van der Waals surface area contributed by atoms with Crippen molar-refractivity contribution >= 4 is 5.97 Å². The first-order valence-corrected chi connectivity index (χ1v) is 11.9. The molecule has 1 aromatic heterocycles. The van der Waals surface area contributed by atoms with Crippen LogP contribution in [-0.2, 0) is 23.3 Å². The molecule has 0 saturated heterocycles. The molecule has 0 atom stereocenters. The van der Waals surface area contributed by atoms with Crippen molar-refractivity contribution in [1.82, 2.24) is 4.57 Å². The van der Waals surface area contributed by atoms with Crippen molar-refractivity contribution in [2.24, 2.45) is 0 Å². The average molecular weight is 460 g/mol. The summed E-state index contributed by atoms with van der Waals surface area (Å²) in [6.07, 6.45) is 6.75. The third kappa shape index (κ3) is 3.87. The van der Waals surface area contributed by atoms with Gasteiger partial charge in [0.25, 0.3) is 0 Å². The largest absolute Gasteiger partial charge is 0.493 e. The van der Waals surface area contributed by atoms with Gasteiger partial charge >= 0.3 is 5.97 Å². The maximum Gasteiger partial charge on any atom is 0.343 e. The van der Waals surface area contributed by atoms with E-state index in [1.165, 1.54) is 0 Å².